The summed E-state index contributed by atoms with van der Waals surface area (Å²) in [7, 11) is 1.68. The minimum Gasteiger partial charge on any atom is -0.497 e. The lowest BCUT2D eigenvalue weighted by atomic mass is 9.85. The molecular weight excluding hydrogens is 615 g/mol. The van der Waals surface area contributed by atoms with Crippen LogP contribution >= 0.6 is 0 Å². The van der Waals surface area contributed by atoms with Gasteiger partial charge in [0, 0.05) is 29.9 Å². The van der Waals surface area contributed by atoms with Crippen LogP contribution in [0.25, 0.3) is 22.3 Å². The molecule has 0 fully saturated rings. The summed E-state index contributed by atoms with van der Waals surface area (Å²) in [6.07, 6.45) is 0. The Morgan fingerprint density at radius 3 is 1.16 bits per heavy atom. The van der Waals surface area contributed by atoms with E-state index in [2.05, 4.69) is 138 Å². The summed E-state index contributed by atoms with van der Waals surface area (Å²) in [4.78, 5) is 13.8. The molecule has 0 aliphatic rings. The van der Waals surface area contributed by atoms with Gasteiger partial charge in [-0.25, -0.2) is 0 Å². The largest absolute Gasteiger partial charge is 0.497 e. The van der Waals surface area contributed by atoms with Crippen molar-refractivity contribution in [2.45, 2.75) is 12.8 Å². The standard InChI is InChI=1S/C46H37NO3/c1-33(48)50-45-31-21-40(22-32-45)46(39-19-29-44(49-2)30-20-39)38-17-27-43(28-18-38)47(41-23-13-36(14-24-41)34-9-5-3-6-10-34)42-25-15-37(16-26-42)35-11-7-4-8-12-35/h3-32,46H,1-2H3. The Kier molecular flexibility index (Phi) is 9.52. The Labute approximate surface area is 293 Å². The molecular formula is C46H37NO3. The maximum absolute atomic E-state index is 11.6. The van der Waals surface area contributed by atoms with Gasteiger partial charge in [-0.1, -0.05) is 121 Å². The molecule has 1 unspecified atom stereocenters. The first-order chi connectivity index (χ1) is 24.6. The first-order valence-electron chi connectivity index (χ1n) is 16.7. The molecule has 0 radical (unpaired) electrons. The lowest BCUT2D eigenvalue weighted by molar-refractivity contribution is -0.131. The lowest BCUT2D eigenvalue weighted by Crippen LogP contribution is -2.10. The molecule has 50 heavy (non-hydrogen) atoms. The van der Waals surface area contributed by atoms with Crippen LogP contribution in [-0.2, 0) is 4.79 Å². The predicted octanol–water partition coefficient (Wildman–Crippen LogP) is 11.6. The maximum atomic E-state index is 11.6. The van der Waals surface area contributed by atoms with Gasteiger partial charge in [-0.3, -0.25) is 4.79 Å². The molecule has 0 bridgehead atoms. The molecule has 4 heteroatoms. The third-order valence-corrected chi connectivity index (χ3v) is 8.87. The Bertz CT molecular complexity index is 2060. The molecule has 0 aliphatic heterocycles. The van der Waals surface area contributed by atoms with E-state index in [1.165, 1.54) is 29.2 Å². The number of benzene rings is 7. The number of ether oxygens (including phenoxy) is 2. The van der Waals surface area contributed by atoms with Crippen LogP contribution in [-0.4, -0.2) is 13.1 Å². The second-order valence-electron chi connectivity index (χ2n) is 12.1. The number of methoxy groups -OCH3 is 1. The van der Waals surface area contributed by atoms with Crippen molar-refractivity contribution in [1.29, 1.82) is 0 Å². The average molecular weight is 652 g/mol. The normalized spacial score (nSPS) is 11.4. The molecule has 1 atom stereocenters. The van der Waals surface area contributed by atoms with Crippen LogP contribution in [0.15, 0.2) is 182 Å². The Morgan fingerprint density at radius 2 is 0.780 bits per heavy atom. The van der Waals surface area contributed by atoms with Crippen molar-refractivity contribution in [3.8, 4) is 33.8 Å². The van der Waals surface area contributed by atoms with Crippen molar-refractivity contribution in [1.82, 2.24) is 0 Å². The van der Waals surface area contributed by atoms with Crippen molar-refractivity contribution < 1.29 is 14.3 Å². The number of anilines is 3. The van der Waals surface area contributed by atoms with Gasteiger partial charge in [0.2, 0.25) is 0 Å². The number of carbonyl (C=O) groups excluding carboxylic acids is 1. The van der Waals surface area contributed by atoms with Crippen LogP contribution in [0, 0.1) is 0 Å². The molecule has 0 aliphatic carbocycles. The molecule has 7 rings (SSSR count). The molecule has 7 aromatic carbocycles. The molecule has 0 saturated carbocycles. The first kappa shape index (κ1) is 32.2. The third kappa shape index (κ3) is 7.20. The van der Waals surface area contributed by atoms with E-state index in [0.717, 1.165) is 39.5 Å². The van der Waals surface area contributed by atoms with Crippen molar-refractivity contribution in [2.24, 2.45) is 0 Å². The van der Waals surface area contributed by atoms with Gasteiger partial charge in [-0.05, 0) is 99.6 Å². The fraction of sp³-hybridized carbons (Fsp3) is 0.0652. The van der Waals surface area contributed by atoms with Crippen molar-refractivity contribution in [3.05, 3.63) is 199 Å². The van der Waals surface area contributed by atoms with Gasteiger partial charge in [0.1, 0.15) is 11.5 Å². The number of carbonyl (C=O) groups is 1. The smallest absolute Gasteiger partial charge is 0.308 e. The zero-order valence-electron chi connectivity index (χ0n) is 28.1. The van der Waals surface area contributed by atoms with Crippen LogP contribution in [0.3, 0.4) is 0 Å². The van der Waals surface area contributed by atoms with Gasteiger partial charge in [0.15, 0.2) is 0 Å². The second kappa shape index (κ2) is 14.8. The van der Waals surface area contributed by atoms with Gasteiger partial charge in [-0.15, -0.1) is 0 Å². The fourth-order valence-corrected chi connectivity index (χ4v) is 6.40. The van der Waals surface area contributed by atoms with E-state index < -0.39 is 0 Å². The quantitative estimate of drug-likeness (QED) is 0.0838. The summed E-state index contributed by atoms with van der Waals surface area (Å²) >= 11 is 0. The molecule has 0 amide bonds. The van der Waals surface area contributed by atoms with Crippen LogP contribution in [0.2, 0.25) is 0 Å². The topological polar surface area (TPSA) is 38.8 Å². The molecule has 0 N–H and O–H groups in total. The van der Waals surface area contributed by atoms with Gasteiger partial charge < -0.3 is 14.4 Å². The van der Waals surface area contributed by atoms with Crippen molar-refractivity contribution in [3.63, 3.8) is 0 Å². The predicted molar refractivity (Wildman–Crippen MR) is 204 cm³/mol. The van der Waals surface area contributed by atoms with Gasteiger partial charge in [-0.2, -0.15) is 0 Å². The Hall–Kier alpha value is -6.39. The summed E-state index contributed by atoms with van der Waals surface area (Å²) in [5, 5.41) is 0. The van der Waals surface area contributed by atoms with Crippen molar-refractivity contribution in [2.75, 3.05) is 12.0 Å². The molecule has 0 heterocycles. The first-order valence-corrected chi connectivity index (χ1v) is 16.7. The summed E-state index contributed by atoms with van der Waals surface area (Å²) in [5.41, 5.74) is 11.3. The van der Waals surface area contributed by atoms with Gasteiger partial charge >= 0.3 is 5.97 Å². The van der Waals surface area contributed by atoms with E-state index in [4.69, 9.17) is 9.47 Å². The zero-order valence-corrected chi connectivity index (χ0v) is 28.1. The van der Waals surface area contributed by atoms with Crippen LogP contribution in [0.5, 0.6) is 11.5 Å². The highest BCUT2D eigenvalue weighted by molar-refractivity contribution is 5.80. The van der Waals surface area contributed by atoms with Gasteiger partial charge in [0.05, 0.1) is 7.11 Å². The molecule has 244 valence electrons. The van der Waals surface area contributed by atoms with E-state index in [-0.39, 0.29) is 11.9 Å². The minimum atomic E-state index is -0.339. The number of hydrogen-bond donors (Lipinski definition) is 0. The third-order valence-electron chi connectivity index (χ3n) is 8.87. The van der Waals surface area contributed by atoms with E-state index >= 15 is 0 Å². The van der Waals surface area contributed by atoms with E-state index in [0.29, 0.717) is 5.75 Å². The maximum Gasteiger partial charge on any atom is 0.308 e. The average Bonchev–Trinajstić information content (AvgIpc) is 3.18. The van der Waals surface area contributed by atoms with E-state index in [9.17, 15) is 4.79 Å². The zero-order chi connectivity index (χ0) is 34.3. The second-order valence-corrected chi connectivity index (χ2v) is 12.1. The fourth-order valence-electron chi connectivity index (χ4n) is 6.40. The molecule has 0 spiro atoms. The minimum absolute atomic E-state index is 0.0508. The van der Waals surface area contributed by atoms with Gasteiger partial charge in [0.25, 0.3) is 0 Å². The number of nitrogens with zero attached hydrogens (tertiary/aromatic N) is 1. The van der Waals surface area contributed by atoms with Crippen LogP contribution < -0.4 is 14.4 Å². The van der Waals surface area contributed by atoms with Crippen LogP contribution in [0.1, 0.15) is 29.5 Å². The Morgan fingerprint density at radius 1 is 0.440 bits per heavy atom. The van der Waals surface area contributed by atoms with Crippen molar-refractivity contribution >= 4 is 23.0 Å². The molecule has 4 nitrogen and oxygen atoms in total. The van der Waals surface area contributed by atoms with Crippen LogP contribution in [0.4, 0.5) is 17.1 Å². The Balaban J connectivity index is 1.27. The highest BCUT2D eigenvalue weighted by atomic mass is 16.5. The van der Waals surface area contributed by atoms with E-state index in [1.807, 2.05) is 48.5 Å². The molecule has 7 aromatic rings. The lowest BCUT2D eigenvalue weighted by Gasteiger charge is -2.27. The highest BCUT2D eigenvalue weighted by Gasteiger charge is 2.19. The molecule has 0 saturated heterocycles. The summed E-state index contributed by atoms with van der Waals surface area (Å²) in [6.45, 7) is 1.41. The van der Waals surface area contributed by atoms with E-state index in [1.54, 1.807) is 7.11 Å². The highest BCUT2D eigenvalue weighted by Crippen LogP contribution is 2.39. The summed E-state index contributed by atoms with van der Waals surface area (Å²) in [5.74, 6) is 0.941. The SMILES string of the molecule is COc1ccc(C(c2ccc(OC(C)=O)cc2)c2ccc(N(c3ccc(-c4ccccc4)cc3)c3ccc(-c4ccccc4)cc3)cc2)cc1. The molecule has 0 aromatic heterocycles. The summed E-state index contributed by atoms with van der Waals surface area (Å²) < 4.78 is 10.8. The summed E-state index contributed by atoms with van der Waals surface area (Å²) in [6, 6.07) is 63.1. The number of rotatable bonds is 10. The number of hydrogen-bond acceptors (Lipinski definition) is 4. The monoisotopic (exact) mass is 651 g/mol. The number of esters is 1.